The van der Waals surface area contributed by atoms with Crippen LogP contribution in [0.15, 0.2) is 30.6 Å². The summed E-state index contributed by atoms with van der Waals surface area (Å²) < 4.78 is 3.81. The Balaban J connectivity index is 2.07. The Hall–Kier alpha value is -2.30. The van der Waals surface area contributed by atoms with Gasteiger partial charge in [0, 0.05) is 12.6 Å². The van der Waals surface area contributed by atoms with E-state index in [1.807, 2.05) is 38.5 Å². The van der Waals surface area contributed by atoms with Gasteiger partial charge in [0.1, 0.15) is 5.82 Å². The third kappa shape index (κ3) is 1.55. The topological polar surface area (TPSA) is 61.7 Å². The van der Waals surface area contributed by atoms with Crippen LogP contribution in [0, 0.1) is 6.92 Å². The summed E-state index contributed by atoms with van der Waals surface area (Å²) in [5, 5.41) is 4.33. The van der Waals surface area contributed by atoms with Crippen molar-refractivity contribution in [2.45, 2.75) is 13.5 Å². The fourth-order valence-electron chi connectivity index (χ4n) is 2.22. The van der Waals surface area contributed by atoms with E-state index >= 15 is 0 Å². The van der Waals surface area contributed by atoms with Crippen molar-refractivity contribution in [1.82, 2.24) is 19.3 Å². The number of imidazole rings is 1. The Labute approximate surface area is 105 Å². The van der Waals surface area contributed by atoms with Gasteiger partial charge >= 0.3 is 0 Å². The quantitative estimate of drug-likeness (QED) is 0.743. The SMILES string of the molecule is Cc1nn(C)c(N)c1Cn1cnc2ccccc21. The molecule has 0 amide bonds. The van der Waals surface area contributed by atoms with E-state index in [1.165, 1.54) is 0 Å². The highest BCUT2D eigenvalue weighted by molar-refractivity contribution is 5.75. The summed E-state index contributed by atoms with van der Waals surface area (Å²) in [5.74, 6) is 0.713. The van der Waals surface area contributed by atoms with Crippen LogP contribution in [-0.4, -0.2) is 19.3 Å². The maximum Gasteiger partial charge on any atom is 0.126 e. The highest BCUT2D eigenvalue weighted by Crippen LogP contribution is 2.19. The lowest BCUT2D eigenvalue weighted by molar-refractivity contribution is 0.767. The number of fused-ring (bicyclic) bond motifs is 1. The van der Waals surface area contributed by atoms with Gasteiger partial charge in [0.25, 0.3) is 0 Å². The fraction of sp³-hybridized carbons (Fsp3) is 0.231. The van der Waals surface area contributed by atoms with Crippen molar-refractivity contribution in [3.05, 3.63) is 41.9 Å². The zero-order valence-corrected chi connectivity index (χ0v) is 10.5. The van der Waals surface area contributed by atoms with Crippen LogP contribution in [0.4, 0.5) is 5.82 Å². The van der Waals surface area contributed by atoms with E-state index in [9.17, 15) is 0 Å². The van der Waals surface area contributed by atoms with Crippen LogP contribution in [0.5, 0.6) is 0 Å². The number of para-hydroxylation sites is 2. The van der Waals surface area contributed by atoms with Crippen molar-refractivity contribution in [3.8, 4) is 0 Å². The molecular weight excluding hydrogens is 226 g/mol. The summed E-state index contributed by atoms with van der Waals surface area (Å²) >= 11 is 0. The van der Waals surface area contributed by atoms with Crippen LogP contribution in [0.25, 0.3) is 11.0 Å². The molecule has 0 aliphatic carbocycles. The van der Waals surface area contributed by atoms with Gasteiger partial charge in [-0.25, -0.2) is 4.98 Å². The molecule has 18 heavy (non-hydrogen) atoms. The van der Waals surface area contributed by atoms with E-state index < -0.39 is 0 Å². The number of aryl methyl sites for hydroxylation is 2. The van der Waals surface area contributed by atoms with E-state index in [-0.39, 0.29) is 0 Å². The van der Waals surface area contributed by atoms with E-state index in [1.54, 1.807) is 4.68 Å². The predicted molar refractivity (Wildman–Crippen MR) is 71.2 cm³/mol. The zero-order valence-electron chi connectivity index (χ0n) is 10.5. The Morgan fingerprint density at radius 2 is 2.06 bits per heavy atom. The minimum atomic E-state index is 0.700. The fourth-order valence-corrected chi connectivity index (χ4v) is 2.22. The second kappa shape index (κ2) is 3.87. The van der Waals surface area contributed by atoms with E-state index in [4.69, 9.17) is 5.73 Å². The Bertz CT molecular complexity index is 707. The van der Waals surface area contributed by atoms with Crippen LogP contribution in [-0.2, 0) is 13.6 Å². The average Bonchev–Trinajstić information content (AvgIpc) is 2.87. The van der Waals surface area contributed by atoms with Gasteiger partial charge in [0.15, 0.2) is 0 Å². The molecule has 2 N–H and O–H groups in total. The van der Waals surface area contributed by atoms with Gasteiger partial charge < -0.3 is 10.3 Å². The lowest BCUT2D eigenvalue weighted by Gasteiger charge is -2.04. The molecule has 5 nitrogen and oxygen atoms in total. The molecule has 1 aromatic carbocycles. The standard InChI is InChI=1S/C13H15N5/c1-9-10(13(14)17(2)16-9)7-18-8-15-11-5-3-4-6-12(11)18/h3-6,8H,7,14H2,1-2H3. The molecule has 0 fully saturated rings. The number of nitrogens with zero attached hydrogens (tertiary/aromatic N) is 4. The third-order valence-electron chi connectivity index (χ3n) is 3.25. The number of nitrogens with two attached hydrogens (primary N) is 1. The molecule has 0 unspecified atom stereocenters. The van der Waals surface area contributed by atoms with Crippen molar-refractivity contribution < 1.29 is 0 Å². The number of rotatable bonds is 2. The lowest BCUT2D eigenvalue weighted by atomic mass is 10.2. The molecular formula is C13H15N5. The summed E-state index contributed by atoms with van der Waals surface area (Å²) in [4.78, 5) is 4.38. The van der Waals surface area contributed by atoms with Crippen molar-refractivity contribution >= 4 is 16.9 Å². The van der Waals surface area contributed by atoms with Crippen LogP contribution in [0.1, 0.15) is 11.3 Å². The van der Waals surface area contributed by atoms with Crippen LogP contribution in [0.3, 0.4) is 0 Å². The molecule has 0 saturated heterocycles. The highest BCUT2D eigenvalue weighted by atomic mass is 15.3. The molecule has 0 saturated carbocycles. The second-order valence-corrected chi connectivity index (χ2v) is 4.43. The second-order valence-electron chi connectivity index (χ2n) is 4.43. The summed E-state index contributed by atoms with van der Waals surface area (Å²) in [7, 11) is 1.86. The molecule has 2 aromatic heterocycles. The minimum Gasteiger partial charge on any atom is -0.384 e. The van der Waals surface area contributed by atoms with Crippen molar-refractivity contribution in [2.24, 2.45) is 7.05 Å². The average molecular weight is 241 g/mol. The molecule has 0 spiro atoms. The minimum absolute atomic E-state index is 0.700. The first kappa shape index (κ1) is 10.8. The first-order chi connectivity index (χ1) is 8.66. The molecule has 5 heteroatoms. The maximum absolute atomic E-state index is 6.03. The van der Waals surface area contributed by atoms with Gasteiger partial charge in [0.05, 0.1) is 29.6 Å². The molecule has 2 heterocycles. The first-order valence-electron chi connectivity index (χ1n) is 5.84. The highest BCUT2D eigenvalue weighted by Gasteiger charge is 2.12. The van der Waals surface area contributed by atoms with Crippen LogP contribution >= 0.6 is 0 Å². The number of nitrogen functional groups attached to an aromatic ring is 1. The van der Waals surface area contributed by atoms with Gasteiger partial charge in [-0.3, -0.25) is 4.68 Å². The monoisotopic (exact) mass is 241 g/mol. The summed E-state index contributed by atoms with van der Waals surface area (Å²) in [6.45, 7) is 2.68. The smallest absolute Gasteiger partial charge is 0.126 e. The molecule has 0 radical (unpaired) electrons. The molecule has 0 atom stereocenters. The summed E-state index contributed by atoms with van der Waals surface area (Å²) in [5.41, 5.74) is 10.2. The molecule has 0 aliphatic heterocycles. The van der Waals surface area contributed by atoms with E-state index in [0.717, 1.165) is 22.3 Å². The number of hydrogen-bond acceptors (Lipinski definition) is 3. The van der Waals surface area contributed by atoms with Crippen LogP contribution < -0.4 is 5.73 Å². The van der Waals surface area contributed by atoms with E-state index in [2.05, 4.69) is 20.7 Å². The first-order valence-corrected chi connectivity index (χ1v) is 5.84. The Kier molecular flexibility index (Phi) is 2.33. The van der Waals surface area contributed by atoms with Crippen molar-refractivity contribution in [2.75, 3.05) is 5.73 Å². The Morgan fingerprint density at radius 1 is 1.28 bits per heavy atom. The molecule has 0 aliphatic rings. The third-order valence-corrected chi connectivity index (χ3v) is 3.25. The number of hydrogen-bond donors (Lipinski definition) is 1. The maximum atomic E-state index is 6.03. The van der Waals surface area contributed by atoms with Gasteiger partial charge in [0.2, 0.25) is 0 Å². The van der Waals surface area contributed by atoms with Gasteiger partial charge in [-0.2, -0.15) is 5.10 Å². The normalized spacial score (nSPS) is 11.2. The van der Waals surface area contributed by atoms with Crippen LogP contribution in [0.2, 0.25) is 0 Å². The molecule has 0 bridgehead atoms. The van der Waals surface area contributed by atoms with Gasteiger partial charge in [-0.15, -0.1) is 0 Å². The largest absolute Gasteiger partial charge is 0.384 e. The zero-order chi connectivity index (χ0) is 12.7. The lowest BCUT2D eigenvalue weighted by Crippen LogP contribution is -2.03. The number of benzene rings is 1. The molecule has 3 rings (SSSR count). The van der Waals surface area contributed by atoms with Gasteiger partial charge in [-0.05, 0) is 19.1 Å². The van der Waals surface area contributed by atoms with Crippen molar-refractivity contribution in [3.63, 3.8) is 0 Å². The Morgan fingerprint density at radius 3 is 2.78 bits per heavy atom. The summed E-state index contributed by atoms with van der Waals surface area (Å²) in [6, 6.07) is 8.07. The number of anilines is 1. The number of aromatic nitrogens is 4. The molecule has 3 aromatic rings. The summed E-state index contributed by atoms with van der Waals surface area (Å²) in [6.07, 6.45) is 1.84. The predicted octanol–water partition coefficient (Wildman–Crippen LogP) is 1.71. The van der Waals surface area contributed by atoms with Crippen molar-refractivity contribution in [1.29, 1.82) is 0 Å². The van der Waals surface area contributed by atoms with E-state index in [0.29, 0.717) is 12.4 Å². The van der Waals surface area contributed by atoms with Gasteiger partial charge in [-0.1, -0.05) is 12.1 Å². The molecule has 92 valence electrons.